The highest BCUT2D eigenvalue weighted by Gasteiger charge is 2.18. The predicted molar refractivity (Wildman–Crippen MR) is 101 cm³/mol. The van der Waals surface area contributed by atoms with E-state index >= 15 is 0 Å². The number of ether oxygens (including phenoxy) is 1. The van der Waals surface area contributed by atoms with Crippen LogP contribution in [0.25, 0.3) is 10.8 Å². The van der Waals surface area contributed by atoms with Crippen molar-refractivity contribution >= 4 is 26.6 Å². The monoisotopic (exact) mass is 386 g/mol. The van der Waals surface area contributed by atoms with Gasteiger partial charge in [0.1, 0.15) is 23.7 Å². The molecule has 140 valence electrons. The van der Waals surface area contributed by atoms with Crippen LogP contribution in [0, 0.1) is 6.92 Å². The van der Waals surface area contributed by atoms with E-state index in [4.69, 9.17) is 4.74 Å². The summed E-state index contributed by atoms with van der Waals surface area (Å²) in [6, 6.07) is 14.4. The molecular weight excluding hydrogens is 368 g/mol. The highest BCUT2D eigenvalue weighted by molar-refractivity contribution is 7.91. The molecule has 0 radical (unpaired) electrons. The summed E-state index contributed by atoms with van der Waals surface area (Å²) in [4.78, 5) is 11.6. The second-order valence-corrected chi connectivity index (χ2v) is 8.21. The Morgan fingerprint density at radius 2 is 1.67 bits per heavy atom. The van der Waals surface area contributed by atoms with Crippen molar-refractivity contribution in [2.24, 2.45) is 0 Å². The predicted octanol–water partition coefficient (Wildman–Crippen LogP) is 3.40. The third-order valence-corrected chi connectivity index (χ3v) is 5.89. The van der Waals surface area contributed by atoms with Crippen molar-refractivity contribution in [2.75, 3.05) is 12.4 Å². The lowest BCUT2D eigenvalue weighted by molar-refractivity contribution is 0.0693. The van der Waals surface area contributed by atoms with Crippen molar-refractivity contribution in [3.63, 3.8) is 0 Å². The van der Waals surface area contributed by atoms with E-state index in [2.05, 4.69) is 0 Å². The summed E-state index contributed by atoms with van der Waals surface area (Å²) in [5, 5.41) is 20.2. The molecule has 0 saturated heterocycles. The molecule has 6 nitrogen and oxygen atoms in total. The van der Waals surface area contributed by atoms with Gasteiger partial charge in [-0.15, -0.1) is 0 Å². The first-order valence-electron chi connectivity index (χ1n) is 8.20. The van der Waals surface area contributed by atoms with Gasteiger partial charge in [0.05, 0.1) is 10.6 Å². The third kappa shape index (κ3) is 3.88. The first-order chi connectivity index (χ1) is 12.8. The van der Waals surface area contributed by atoms with E-state index in [1.54, 1.807) is 48.5 Å². The van der Waals surface area contributed by atoms with Crippen molar-refractivity contribution in [2.45, 2.75) is 11.8 Å². The first kappa shape index (κ1) is 18.7. The average molecular weight is 386 g/mol. The normalized spacial score (nSPS) is 11.4. The van der Waals surface area contributed by atoms with E-state index < -0.39 is 15.8 Å². The number of carboxylic acid groups (broad SMARTS) is 1. The fraction of sp³-hybridized carbons (Fsp3) is 0.150. The number of carboxylic acids is 1. The molecule has 0 aromatic heterocycles. The van der Waals surface area contributed by atoms with E-state index in [-0.39, 0.29) is 34.3 Å². The molecule has 0 aliphatic carbocycles. The minimum absolute atomic E-state index is 0.149. The molecule has 0 fully saturated rings. The lowest BCUT2D eigenvalue weighted by Crippen LogP contribution is -2.14. The Morgan fingerprint density at radius 3 is 2.30 bits per heavy atom. The number of benzene rings is 3. The van der Waals surface area contributed by atoms with Crippen LogP contribution >= 0.6 is 0 Å². The number of carbonyl (C=O) groups is 1. The average Bonchev–Trinajstić information content (AvgIpc) is 2.63. The molecule has 3 aromatic rings. The number of hydrogen-bond acceptors (Lipinski definition) is 5. The van der Waals surface area contributed by atoms with Crippen molar-refractivity contribution in [1.82, 2.24) is 0 Å². The topological polar surface area (TPSA) is 101 Å². The molecule has 2 N–H and O–H groups in total. The van der Waals surface area contributed by atoms with Gasteiger partial charge in [0.2, 0.25) is 0 Å². The molecular formula is C20H18O6S. The number of rotatable bonds is 6. The number of sulfone groups is 1. The zero-order valence-corrected chi connectivity index (χ0v) is 15.4. The summed E-state index contributed by atoms with van der Waals surface area (Å²) in [6.45, 7) is 1.72. The number of aryl methyl sites for hydroxylation is 1. The maximum atomic E-state index is 12.4. The second-order valence-electron chi connectivity index (χ2n) is 6.10. The van der Waals surface area contributed by atoms with E-state index in [1.165, 1.54) is 6.07 Å². The summed E-state index contributed by atoms with van der Waals surface area (Å²) in [5.41, 5.74) is 0.659. The SMILES string of the molecule is Cc1ccc(S(=O)(=O)CCOc2cc(C(=O)O)c(O)c3ccccc23)cc1. The van der Waals surface area contributed by atoms with Gasteiger partial charge in [0.25, 0.3) is 0 Å². The number of phenols is 1. The highest BCUT2D eigenvalue weighted by Crippen LogP contribution is 2.36. The van der Waals surface area contributed by atoms with Crippen molar-refractivity contribution in [1.29, 1.82) is 0 Å². The molecule has 0 saturated carbocycles. The van der Waals surface area contributed by atoms with Gasteiger partial charge in [-0.3, -0.25) is 0 Å². The van der Waals surface area contributed by atoms with Crippen LogP contribution in [0.3, 0.4) is 0 Å². The van der Waals surface area contributed by atoms with Gasteiger partial charge in [0.15, 0.2) is 9.84 Å². The Hall–Kier alpha value is -3.06. The summed E-state index contributed by atoms with van der Waals surface area (Å²) in [6.07, 6.45) is 0. The molecule has 0 spiro atoms. The van der Waals surface area contributed by atoms with Gasteiger partial charge >= 0.3 is 5.97 Å². The summed E-state index contributed by atoms with van der Waals surface area (Å²) >= 11 is 0. The van der Waals surface area contributed by atoms with Gasteiger partial charge in [-0.1, -0.05) is 42.0 Å². The zero-order valence-electron chi connectivity index (χ0n) is 14.5. The van der Waals surface area contributed by atoms with Crippen LogP contribution in [0.5, 0.6) is 11.5 Å². The minimum Gasteiger partial charge on any atom is -0.506 e. The van der Waals surface area contributed by atoms with Gasteiger partial charge < -0.3 is 14.9 Å². The largest absolute Gasteiger partial charge is 0.506 e. The molecule has 7 heteroatoms. The van der Waals surface area contributed by atoms with Crippen LogP contribution < -0.4 is 4.74 Å². The quantitative estimate of drug-likeness (QED) is 0.673. The summed E-state index contributed by atoms with van der Waals surface area (Å²) < 4.78 is 30.4. The Bertz CT molecular complexity index is 1100. The molecule has 0 aliphatic rings. The molecule has 0 heterocycles. The molecule has 0 bridgehead atoms. The van der Waals surface area contributed by atoms with E-state index in [1.807, 2.05) is 6.92 Å². The van der Waals surface area contributed by atoms with Gasteiger partial charge in [-0.25, -0.2) is 13.2 Å². The highest BCUT2D eigenvalue weighted by atomic mass is 32.2. The summed E-state index contributed by atoms with van der Waals surface area (Å²) in [5.74, 6) is -1.69. The number of hydrogen-bond donors (Lipinski definition) is 2. The Balaban J connectivity index is 1.86. The van der Waals surface area contributed by atoms with Crippen LogP contribution in [0.4, 0.5) is 0 Å². The zero-order chi connectivity index (χ0) is 19.6. The molecule has 0 unspecified atom stereocenters. The number of fused-ring (bicyclic) bond motifs is 1. The smallest absolute Gasteiger partial charge is 0.339 e. The molecule has 3 rings (SSSR count). The molecule has 0 aliphatic heterocycles. The van der Waals surface area contributed by atoms with Crippen LogP contribution in [-0.4, -0.2) is 37.0 Å². The first-order valence-corrected chi connectivity index (χ1v) is 9.85. The van der Waals surface area contributed by atoms with Crippen LogP contribution in [0.2, 0.25) is 0 Å². The third-order valence-electron chi connectivity index (χ3n) is 4.20. The molecule has 0 amide bonds. The van der Waals surface area contributed by atoms with Gasteiger partial charge in [0, 0.05) is 10.8 Å². The Morgan fingerprint density at radius 1 is 1.04 bits per heavy atom. The fourth-order valence-corrected chi connectivity index (χ4v) is 3.82. The molecule has 3 aromatic carbocycles. The maximum Gasteiger partial charge on any atom is 0.339 e. The molecule has 0 atom stereocenters. The van der Waals surface area contributed by atoms with Crippen molar-refractivity contribution in [3.8, 4) is 11.5 Å². The lowest BCUT2D eigenvalue weighted by atomic mass is 10.0. The molecule has 27 heavy (non-hydrogen) atoms. The van der Waals surface area contributed by atoms with Crippen LogP contribution in [0.1, 0.15) is 15.9 Å². The Kier molecular flexibility index (Phi) is 5.05. The summed E-state index contributed by atoms with van der Waals surface area (Å²) in [7, 11) is -3.53. The van der Waals surface area contributed by atoms with Crippen molar-refractivity contribution in [3.05, 3.63) is 65.7 Å². The van der Waals surface area contributed by atoms with E-state index in [0.717, 1.165) is 5.56 Å². The second kappa shape index (κ2) is 7.28. The van der Waals surface area contributed by atoms with E-state index in [9.17, 15) is 23.4 Å². The standard InChI is InChI=1S/C20H18O6S/c1-13-6-8-14(9-7-13)27(24,25)11-10-26-18-12-17(20(22)23)19(21)16-5-3-2-4-15(16)18/h2-9,12,21H,10-11H2,1H3,(H,22,23). The number of aromatic carboxylic acids is 1. The maximum absolute atomic E-state index is 12.4. The van der Waals surface area contributed by atoms with E-state index in [0.29, 0.717) is 10.8 Å². The van der Waals surface area contributed by atoms with Crippen LogP contribution in [-0.2, 0) is 9.84 Å². The van der Waals surface area contributed by atoms with Gasteiger partial charge in [-0.2, -0.15) is 0 Å². The van der Waals surface area contributed by atoms with Crippen LogP contribution in [0.15, 0.2) is 59.5 Å². The lowest BCUT2D eigenvalue weighted by Gasteiger charge is -2.13. The van der Waals surface area contributed by atoms with Gasteiger partial charge in [-0.05, 0) is 25.1 Å². The fourth-order valence-electron chi connectivity index (χ4n) is 2.73. The minimum atomic E-state index is -3.53. The number of aromatic hydroxyl groups is 1. The Labute approximate surface area is 156 Å². The van der Waals surface area contributed by atoms with Crippen molar-refractivity contribution < 1.29 is 28.2 Å².